The Balaban J connectivity index is 1.60. The van der Waals surface area contributed by atoms with Gasteiger partial charge in [-0.05, 0) is 113 Å². The first-order valence-corrected chi connectivity index (χ1v) is 12.5. The second kappa shape index (κ2) is 10.7. The first-order valence-electron chi connectivity index (χ1n) is 10.4. The summed E-state index contributed by atoms with van der Waals surface area (Å²) in [6.45, 7) is 4.91. The fourth-order valence-electron chi connectivity index (χ4n) is 3.20. The minimum atomic E-state index is -0.476. The number of hydrogen-bond donors (Lipinski definition) is 0. The number of nitrogens with zero attached hydrogens (tertiary/aromatic N) is 1. The molecule has 1 heterocycles. The van der Waals surface area contributed by atoms with Gasteiger partial charge in [0, 0.05) is 9.13 Å². The number of rotatable bonds is 7. The highest BCUT2D eigenvalue weighted by Gasteiger charge is 2.24. The summed E-state index contributed by atoms with van der Waals surface area (Å²) in [7, 11) is 0. The summed E-state index contributed by atoms with van der Waals surface area (Å²) in [4.78, 5) is 16.8. The van der Waals surface area contributed by atoms with E-state index in [0.717, 1.165) is 23.8 Å². The second-order valence-corrected chi connectivity index (χ2v) is 9.79. The van der Waals surface area contributed by atoms with Gasteiger partial charge in [0.05, 0.1) is 10.2 Å². The number of hydrogen-bond acceptors (Lipinski definition) is 5. The standard InChI is InChI=1S/C26H21I2NO4/c1-3-31-23-14-18(12-21(28)24(23)32-15-17-6-4-16(2)5-7-17)13-22-26(30)33-25(29-22)19-8-10-20(27)11-9-19/h4-14H,3,15H2,1-2H3/b22-13-. The van der Waals surface area contributed by atoms with Crippen LogP contribution in [0.3, 0.4) is 0 Å². The quantitative estimate of drug-likeness (QED) is 0.164. The van der Waals surface area contributed by atoms with E-state index in [1.54, 1.807) is 6.08 Å². The van der Waals surface area contributed by atoms with Gasteiger partial charge in [-0.3, -0.25) is 0 Å². The third-order valence-electron chi connectivity index (χ3n) is 4.85. The van der Waals surface area contributed by atoms with Crippen LogP contribution < -0.4 is 9.47 Å². The molecule has 0 radical (unpaired) electrons. The van der Waals surface area contributed by atoms with Crippen molar-refractivity contribution in [2.45, 2.75) is 20.5 Å². The van der Waals surface area contributed by atoms with Gasteiger partial charge in [-0.1, -0.05) is 29.8 Å². The molecule has 168 valence electrons. The van der Waals surface area contributed by atoms with E-state index in [1.165, 1.54) is 5.56 Å². The van der Waals surface area contributed by atoms with Crippen LogP contribution in [0.5, 0.6) is 11.5 Å². The zero-order valence-electron chi connectivity index (χ0n) is 18.1. The van der Waals surface area contributed by atoms with E-state index in [9.17, 15) is 4.79 Å². The van der Waals surface area contributed by atoms with E-state index in [4.69, 9.17) is 14.2 Å². The van der Waals surface area contributed by atoms with Gasteiger partial charge in [-0.15, -0.1) is 0 Å². The van der Waals surface area contributed by atoms with Gasteiger partial charge >= 0.3 is 5.97 Å². The van der Waals surface area contributed by atoms with E-state index < -0.39 is 5.97 Å². The average Bonchev–Trinajstić information content (AvgIpc) is 3.15. The van der Waals surface area contributed by atoms with Crippen molar-refractivity contribution in [2.75, 3.05) is 6.61 Å². The first kappa shape index (κ1) is 23.7. The van der Waals surface area contributed by atoms with E-state index in [0.29, 0.717) is 30.6 Å². The molecule has 7 heteroatoms. The van der Waals surface area contributed by atoms with Gasteiger partial charge in [-0.25, -0.2) is 9.79 Å². The van der Waals surface area contributed by atoms with Gasteiger partial charge in [0.25, 0.3) is 0 Å². The van der Waals surface area contributed by atoms with Gasteiger partial charge in [0.1, 0.15) is 6.61 Å². The number of aliphatic imine (C=N–C) groups is 1. The molecular weight excluding hydrogens is 644 g/mol. The Morgan fingerprint density at radius 3 is 2.42 bits per heavy atom. The van der Waals surface area contributed by atoms with Crippen LogP contribution in [0.15, 0.2) is 71.4 Å². The molecule has 0 fully saturated rings. The van der Waals surface area contributed by atoms with Crippen molar-refractivity contribution in [1.29, 1.82) is 0 Å². The fourth-order valence-corrected chi connectivity index (χ4v) is 4.34. The van der Waals surface area contributed by atoms with Crippen molar-refractivity contribution in [2.24, 2.45) is 4.99 Å². The molecule has 0 saturated carbocycles. The Morgan fingerprint density at radius 2 is 1.73 bits per heavy atom. The fraction of sp³-hybridized carbons (Fsp3) is 0.154. The van der Waals surface area contributed by atoms with Gasteiger partial charge in [-0.2, -0.15) is 0 Å². The maximum Gasteiger partial charge on any atom is 0.363 e. The summed E-state index contributed by atoms with van der Waals surface area (Å²) in [6, 6.07) is 19.7. The monoisotopic (exact) mass is 665 g/mol. The smallest absolute Gasteiger partial charge is 0.363 e. The van der Waals surface area contributed by atoms with Crippen molar-refractivity contribution < 1.29 is 19.0 Å². The third-order valence-corrected chi connectivity index (χ3v) is 6.37. The zero-order valence-corrected chi connectivity index (χ0v) is 22.4. The topological polar surface area (TPSA) is 57.1 Å². The van der Waals surface area contributed by atoms with Gasteiger partial charge in [0.2, 0.25) is 5.90 Å². The van der Waals surface area contributed by atoms with Crippen molar-refractivity contribution in [3.8, 4) is 11.5 Å². The van der Waals surface area contributed by atoms with Gasteiger partial charge < -0.3 is 14.2 Å². The molecular formula is C26H21I2NO4. The molecule has 0 saturated heterocycles. The molecule has 0 bridgehead atoms. The van der Waals surface area contributed by atoms with Crippen LogP contribution in [-0.2, 0) is 16.1 Å². The Kier molecular flexibility index (Phi) is 7.69. The maximum absolute atomic E-state index is 12.4. The summed E-state index contributed by atoms with van der Waals surface area (Å²) >= 11 is 4.45. The van der Waals surface area contributed by atoms with E-state index >= 15 is 0 Å². The normalized spacial score (nSPS) is 14.2. The van der Waals surface area contributed by atoms with Gasteiger partial charge in [0.15, 0.2) is 17.2 Å². The van der Waals surface area contributed by atoms with Crippen LogP contribution in [0, 0.1) is 14.1 Å². The van der Waals surface area contributed by atoms with E-state index in [2.05, 4.69) is 81.4 Å². The molecule has 0 N–H and O–H groups in total. The number of cyclic esters (lactones) is 1. The predicted molar refractivity (Wildman–Crippen MR) is 146 cm³/mol. The Morgan fingerprint density at radius 1 is 1.00 bits per heavy atom. The Labute approximate surface area is 220 Å². The molecule has 5 nitrogen and oxygen atoms in total. The number of aryl methyl sites for hydroxylation is 1. The molecule has 0 aliphatic carbocycles. The Bertz CT molecular complexity index is 1230. The maximum atomic E-state index is 12.4. The third kappa shape index (κ3) is 5.94. The van der Waals surface area contributed by atoms with Crippen LogP contribution in [-0.4, -0.2) is 18.5 Å². The highest BCUT2D eigenvalue weighted by Crippen LogP contribution is 2.36. The van der Waals surface area contributed by atoms with Crippen molar-refractivity contribution in [3.05, 3.63) is 95.8 Å². The van der Waals surface area contributed by atoms with Crippen LogP contribution >= 0.6 is 45.2 Å². The van der Waals surface area contributed by atoms with E-state index in [-0.39, 0.29) is 5.70 Å². The van der Waals surface area contributed by atoms with Crippen LogP contribution in [0.4, 0.5) is 0 Å². The van der Waals surface area contributed by atoms with Crippen molar-refractivity contribution >= 4 is 63.1 Å². The summed E-state index contributed by atoms with van der Waals surface area (Å²) in [5, 5.41) is 0. The highest BCUT2D eigenvalue weighted by molar-refractivity contribution is 14.1. The minimum Gasteiger partial charge on any atom is -0.490 e. The lowest BCUT2D eigenvalue weighted by Crippen LogP contribution is -2.05. The number of halogens is 2. The largest absolute Gasteiger partial charge is 0.490 e. The molecule has 1 aliphatic rings. The SMILES string of the molecule is CCOc1cc(/C=C2\N=C(c3ccc(I)cc3)OC2=O)cc(I)c1OCc1ccc(C)cc1. The number of carbonyl (C=O) groups excluding carboxylic acids is 1. The molecule has 0 amide bonds. The molecule has 0 spiro atoms. The van der Waals surface area contributed by atoms with Crippen molar-refractivity contribution in [3.63, 3.8) is 0 Å². The number of esters is 1. The lowest BCUT2D eigenvalue weighted by Gasteiger charge is -2.15. The minimum absolute atomic E-state index is 0.245. The summed E-state index contributed by atoms with van der Waals surface area (Å²) < 4.78 is 19.3. The van der Waals surface area contributed by atoms with Crippen LogP contribution in [0.25, 0.3) is 6.08 Å². The lowest BCUT2D eigenvalue weighted by molar-refractivity contribution is -0.129. The molecule has 4 rings (SSSR count). The molecule has 1 aliphatic heterocycles. The molecule has 0 aromatic heterocycles. The number of carbonyl (C=O) groups is 1. The van der Waals surface area contributed by atoms with E-state index in [1.807, 2.05) is 43.3 Å². The first-order chi connectivity index (χ1) is 15.9. The predicted octanol–water partition coefficient (Wildman–Crippen LogP) is 6.53. The zero-order chi connectivity index (χ0) is 23.4. The average molecular weight is 665 g/mol. The van der Waals surface area contributed by atoms with Crippen molar-refractivity contribution in [1.82, 2.24) is 0 Å². The van der Waals surface area contributed by atoms with Crippen LogP contribution in [0.1, 0.15) is 29.2 Å². The number of benzene rings is 3. The molecule has 3 aromatic rings. The summed E-state index contributed by atoms with van der Waals surface area (Å²) in [5.41, 5.74) is 4.08. The Hall–Kier alpha value is -2.40. The summed E-state index contributed by atoms with van der Waals surface area (Å²) in [6.07, 6.45) is 1.70. The number of ether oxygens (including phenoxy) is 3. The molecule has 33 heavy (non-hydrogen) atoms. The molecule has 0 atom stereocenters. The second-order valence-electron chi connectivity index (χ2n) is 7.38. The highest BCUT2D eigenvalue weighted by atomic mass is 127. The summed E-state index contributed by atoms with van der Waals surface area (Å²) in [5.74, 6) is 1.13. The van der Waals surface area contributed by atoms with Crippen LogP contribution in [0.2, 0.25) is 0 Å². The molecule has 3 aromatic carbocycles. The lowest BCUT2D eigenvalue weighted by atomic mass is 10.1. The molecule has 0 unspecified atom stereocenters.